The maximum absolute atomic E-state index is 13.1. The topological polar surface area (TPSA) is 28.7 Å². The molecule has 0 spiro atoms. The van der Waals surface area contributed by atoms with Gasteiger partial charge < -0.3 is 4.98 Å². The van der Waals surface area contributed by atoms with Crippen molar-refractivity contribution in [2.75, 3.05) is 0 Å². The number of aromatic nitrogens is 2. The van der Waals surface area contributed by atoms with Crippen molar-refractivity contribution >= 4 is 28.1 Å². The van der Waals surface area contributed by atoms with Gasteiger partial charge in [0.2, 0.25) is 0 Å². The molecule has 1 aromatic heterocycles. The fourth-order valence-electron chi connectivity index (χ4n) is 1.87. The van der Waals surface area contributed by atoms with Gasteiger partial charge in [-0.05, 0) is 52.5 Å². The van der Waals surface area contributed by atoms with Gasteiger partial charge in [0, 0.05) is 15.7 Å². The second-order valence-electron chi connectivity index (χ2n) is 4.82. The number of hydrogen-bond acceptors (Lipinski definition) is 2. The van der Waals surface area contributed by atoms with Gasteiger partial charge in [-0.3, -0.25) is 0 Å². The monoisotopic (exact) mass is 340 g/mol. The van der Waals surface area contributed by atoms with Crippen LogP contribution in [0.1, 0.15) is 19.5 Å². The minimum Gasteiger partial charge on any atom is -0.343 e. The summed E-state index contributed by atoms with van der Waals surface area (Å²) in [4.78, 5) is 7.57. The van der Waals surface area contributed by atoms with Crippen LogP contribution in [0.2, 0.25) is 0 Å². The van der Waals surface area contributed by atoms with Gasteiger partial charge in [-0.1, -0.05) is 26.1 Å². The van der Waals surface area contributed by atoms with Crippen LogP contribution in [0.4, 0.5) is 4.39 Å². The molecule has 0 saturated heterocycles. The summed E-state index contributed by atoms with van der Waals surface area (Å²) in [6.07, 6.45) is 0.901. The zero-order valence-corrected chi connectivity index (χ0v) is 13.1. The van der Waals surface area contributed by atoms with Gasteiger partial charge in [-0.25, -0.2) is 9.37 Å². The van der Waals surface area contributed by atoms with E-state index in [2.05, 4.69) is 39.7 Å². The van der Waals surface area contributed by atoms with Crippen molar-refractivity contribution in [1.82, 2.24) is 9.97 Å². The average Bonchev–Trinajstić information content (AvgIpc) is 2.26. The molecule has 0 atom stereocenters. The smallest absolute Gasteiger partial charge is 0.140 e. The fourth-order valence-corrected chi connectivity index (χ4v) is 2.64. The third-order valence-electron chi connectivity index (χ3n) is 2.61. The van der Waals surface area contributed by atoms with E-state index in [4.69, 9.17) is 12.2 Å². The van der Waals surface area contributed by atoms with E-state index < -0.39 is 0 Å². The first-order chi connectivity index (χ1) is 8.95. The van der Waals surface area contributed by atoms with E-state index in [1.165, 1.54) is 12.1 Å². The predicted molar refractivity (Wildman–Crippen MR) is 81.1 cm³/mol. The molecule has 2 nitrogen and oxygen atoms in total. The lowest BCUT2D eigenvalue weighted by molar-refractivity contribution is 0.627. The summed E-state index contributed by atoms with van der Waals surface area (Å²) < 4.78 is 14.3. The summed E-state index contributed by atoms with van der Waals surface area (Å²) in [7, 11) is 0. The first kappa shape index (κ1) is 14.3. The van der Waals surface area contributed by atoms with Crippen molar-refractivity contribution in [3.05, 3.63) is 44.9 Å². The lowest BCUT2D eigenvalue weighted by Crippen LogP contribution is -2.01. The quantitative estimate of drug-likeness (QED) is 0.804. The van der Waals surface area contributed by atoms with Crippen LogP contribution in [0.3, 0.4) is 0 Å². The number of rotatable bonds is 3. The highest BCUT2D eigenvalue weighted by atomic mass is 79.9. The number of aromatic amines is 1. The van der Waals surface area contributed by atoms with Crippen LogP contribution in [-0.4, -0.2) is 9.97 Å². The molecule has 5 heteroatoms. The summed E-state index contributed by atoms with van der Waals surface area (Å²) >= 11 is 8.54. The van der Waals surface area contributed by atoms with E-state index >= 15 is 0 Å². The van der Waals surface area contributed by atoms with Crippen LogP contribution < -0.4 is 0 Å². The van der Waals surface area contributed by atoms with Gasteiger partial charge in [0.05, 0.1) is 0 Å². The van der Waals surface area contributed by atoms with Crippen molar-refractivity contribution < 1.29 is 4.39 Å². The maximum atomic E-state index is 13.1. The first-order valence-electron chi connectivity index (χ1n) is 6.01. The van der Waals surface area contributed by atoms with Crippen LogP contribution in [0.15, 0.2) is 28.7 Å². The standard InChI is InChI=1S/C14H14BrFN2S/c1-8(2)5-10-7-13(19)18-14(17-10)11-4-3-9(16)6-12(11)15/h3-4,6-8H,5H2,1-2H3,(H,17,18,19). The summed E-state index contributed by atoms with van der Waals surface area (Å²) in [5.41, 5.74) is 1.85. The van der Waals surface area contributed by atoms with Gasteiger partial charge in [0.1, 0.15) is 16.3 Å². The predicted octanol–water partition coefficient (Wildman–Crippen LogP) is 4.91. The van der Waals surface area contributed by atoms with Crippen molar-refractivity contribution in [3.8, 4) is 11.4 Å². The Kier molecular flexibility index (Phi) is 4.47. The molecule has 0 fully saturated rings. The Hall–Kier alpha value is -1.07. The van der Waals surface area contributed by atoms with Gasteiger partial charge in [-0.15, -0.1) is 0 Å². The van der Waals surface area contributed by atoms with Crippen LogP contribution in [0.5, 0.6) is 0 Å². The minimum absolute atomic E-state index is 0.285. The molecule has 0 unspecified atom stereocenters. The van der Waals surface area contributed by atoms with Crippen molar-refractivity contribution in [3.63, 3.8) is 0 Å². The second-order valence-corrected chi connectivity index (χ2v) is 6.09. The maximum Gasteiger partial charge on any atom is 0.140 e. The average molecular weight is 341 g/mol. The van der Waals surface area contributed by atoms with Gasteiger partial charge in [0.25, 0.3) is 0 Å². The number of H-pyrrole nitrogens is 1. The Balaban J connectivity index is 2.50. The molecule has 0 aliphatic carbocycles. The Morgan fingerprint density at radius 1 is 1.37 bits per heavy atom. The van der Waals surface area contributed by atoms with Crippen LogP contribution in [-0.2, 0) is 6.42 Å². The van der Waals surface area contributed by atoms with Gasteiger partial charge in [0.15, 0.2) is 0 Å². The van der Waals surface area contributed by atoms with Crippen LogP contribution in [0.25, 0.3) is 11.4 Å². The largest absolute Gasteiger partial charge is 0.343 e. The Bertz CT molecular complexity index is 652. The number of halogens is 2. The molecule has 0 aliphatic rings. The first-order valence-corrected chi connectivity index (χ1v) is 7.21. The molecule has 0 saturated carbocycles. The van der Waals surface area contributed by atoms with E-state index in [9.17, 15) is 4.39 Å². The highest BCUT2D eigenvalue weighted by Crippen LogP contribution is 2.26. The molecule has 0 aliphatic heterocycles. The molecule has 1 aromatic carbocycles. The lowest BCUT2D eigenvalue weighted by Gasteiger charge is -2.09. The highest BCUT2D eigenvalue weighted by molar-refractivity contribution is 9.10. The van der Waals surface area contributed by atoms with E-state index in [0.717, 1.165) is 17.7 Å². The molecule has 0 amide bonds. The van der Waals surface area contributed by atoms with Crippen LogP contribution in [0, 0.1) is 16.4 Å². The highest BCUT2D eigenvalue weighted by Gasteiger charge is 2.08. The van der Waals surface area contributed by atoms with Gasteiger partial charge in [-0.2, -0.15) is 0 Å². The molecule has 19 heavy (non-hydrogen) atoms. The molecular formula is C14H14BrFN2S. The van der Waals surface area contributed by atoms with E-state index in [-0.39, 0.29) is 5.82 Å². The number of benzene rings is 1. The van der Waals surface area contributed by atoms with Gasteiger partial charge >= 0.3 is 0 Å². The number of nitrogens with one attached hydrogen (secondary N) is 1. The third-order valence-corrected chi connectivity index (χ3v) is 3.48. The van der Waals surface area contributed by atoms with E-state index in [0.29, 0.717) is 20.9 Å². The minimum atomic E-state index is -0.285. The normalized spacial score (nSPS) is 11.0. The lowest BCUT2D eigenvalue weighted by atomic mass is 10.1. The molecule has 1 heterocycles. The summed E-state index contributed by atoms with van der Waals surface area (Å²) in [5, 5.41) is 0. The molecule has 0 bridgehead atoms. The molecule has 100 valence electrons. The van der Waals surface area contributed by atoms with Crippen LogP contribution >= 0.6 is 28.1 Å². The zero-order chi connectivity index (χ0) is 14.0. The van der Waals surface area contributed by atoms with Crippen molar-refractivity contribution in [2.45, 2.75) is 20.3 Å². The van der Waals surface area contributed by atoms with Crippen molar-refractivity contribution in [1.29, 1.82) is 0 Å². The van der Waals surface area contributed by atoms with E-state index in [1.807, 2.05) is 6.07 Å². The van der Waals surface area contributed by atoms with E-state index in [1.54, 1.807) is 6.07 Å². The second kappa shape index (κ2) is 5.92. The third kappa shape index (κ3) is 3.70. The Morgan fingerprint density at radius 2 is 2.11 bits per heavy atom. The molecule has 1 N–H and O–H groups in total. The number of nitrogens with zero attached hydrogens (tertiary/aromatic N) is 1. The SMILES string of the molecule is CC(C)Cc1cc(=S)nc(-c2ccc(F)cc2Br)[nH]1. The fraction of sp³-hybridized carbons (Fsp3) is 0.286. The summed E-state index contributed by atoms with van der Waals surface area (Å²) in [6, 6.07) is 6.39. The zero-order valence-electron chi connectivity index (χ0n) is 10.7. The summed E-state index contributed by atoms with van der Waals surface area (Å²) in [6.45, 7) is 4.29. The molecular weight excluding hydrogens is 327 g/mol. The van der Waals surface area contributed by atoms with Crippen molar-refractivity contribution in [2.24, 2.45) is 5.92 Å². The summed E-state index contributed by atoms with van der Waals surface area (Å²) in [5.74, 6) is 0.903. The Labute approximate surface area is 125 Å². The molecule has 0 radical (unpaired) electrons. The number of hydrogen-bond donors (Lipinski definition) is 1. The molecule has 2 rings (SSSR count). The Morgan fingerprint density at radius 3 is 2.74 bits per heavy atom. The molecule has 2 aromatic rings.